The lowest BCUT2D eigenvalue weighted by molar-refractivity contribution is 0.737. The van der Waals surface area contributed by atoms with Gasteiger partial charge in [0.1, 0.15) is 0 Å². The van der Waals surface area contributed by atoms with Gasteiger partial charge in [-0.2, -0.15) is 0 Å². The quantitative estimate of drug-likeness (QED) is 0.105. The van der Waals surface area contributed by atoms with E-state index in [-0.39, 0.29) is 0 Å². The van der Waals surface area contributed by atoms with Gasteiger partial charge < -0.3 is 0 Å². The molecule has 218 valence electrons. The van der Waals surface area contributed by atoms with E-state index in [9.17, 15) is 0 Å². The molecule has 0 spiro atoms. The van der Waals surface area contributed by atoms with Gasteiger partial charge in [-0.25, -0.2) is 0 Å². The van der Waals surface area contributed by atoms with Gasteiger partial charge in [0.25, 0.3) is 0 Å². The molecule has 4 heterocycles. The molecule has 0 atom stereocenters. The van der Waals surface area contributed by atoms with Crippen LogP contribution in [-0.2, 0) is 0 Å². The summed E-state index contributed by atoms with van der Waals surface area (Å²) in [5, 5.41) is 0. The van der Waals surface area contributed by atoms with E-state index < -0.39 is 0 Å². The van der Waals surface area contributed by atoms with Gasteiger partial charge in [-0.3, -0.25) is 0 Å². The SMILES string of the molecule is C#Cc1cc(-c2ccc(-c3ccc(-c4ccc(-c5cc(C#C)c(C#CCCCCC)s5)s4)cc3)s2)sc1C#CCCCCC. The third-order valence-electron chi connectivity index (χ3n) is 7.14. The molecule has 0 unspecified atom stereocenters. The maximum atomic E-state index is 5.81. The van der Waals surface area contributed by atoms with Crippen LogP contribution in [0.1, 0.15) is 86.1 Å². The standard InChI is InChI=1S/C40H34S4/c1-5-9-11-13-15-17-33-29(7-3)27-39(43-33)37-25-23-35(41-37)31-19-21-32(22-20-31)36-24-26-38(42-36)40-28-30(8-4)34(44-40)18-16-14-12-10-6-2/h3-4,19-28H,5-6,9-14H2,1-2H3. The van der Waals surface area contributed by atoms with Crippen LogP contribution in [0.25, 0.3) is 40.4 Å². The molecule has 0 aliphatic rings. The number of unbranched alkanes of at least 4 members (excludes halogenated alkanes) is 6. The summed E-state index contributed by atoms with van der Waals surface area (Å²) in [6, 6.07) is 21.9. The van der Waals surface area contributed by atoms with Gasteiger partial charge in [0.05, 0.1) is 20.9 Å². The molecule has 4 aromatic heterocycles. The summed E-state index contributed by atoms with van der Waals surface area (Å²) in [6.45, 7) is 4.42. The molecule has 5 rings (SSSR count). The Bertz CT molecular complexity index is 1770. The van der Waals surface area contributed by atoms with Crippen LogP contribution in [0.15, 0.2) is 60.7 Å². The van der Waals surface area contributed by atoms with E-state index in [1.54, 1.807) is 45.3 Å². The fraction of sp³-hybridized carbons (Fsp3) is 0.250. The fourth-order valence-electron chi connectivity index (χ4n) is 4.69. The average molecular weight is 643 g/mol. The Morgan fingerprint density at radius 2 is 0.909 bits per heavy atom. The van der Waals surface area contributed by atoms with E-state index in [0.29, 0.717) is 0 Å². The Kier molecular flexibility index (Phi) is 11.4. The minimum absolute atomic E-state index is 0.896. The van der Waals surface area contributed by atoms with Crippen molar-refractivity contribution in [2.45, 2.75) is 65.2 Å². The number of benzene rings is 1. The third kappa shape index (κ3) is 7.85. The van der Waals surface area contributed by atoms with Crippen molar-refractivity contribution in [2.75, 3.05) is 0 Å². The summed E-state index contributed by atoms with van der Waals surface area (Å²) in [6.07, 6.45) is 20.6. The van der Waals surface area contributed by atoms with E-state index in [4.69, 9.17) is 12.8 Å². The maximum Gasteiger partial charge on any atom is 0.0931 e. The van der Waals surface area contributed by atoms with Gasteiger partial charge in [0.2, 0.25) is 0 Å². The summed E-state index contributed by atoms with van der Waals surface area (Å²) < 4.78 is 0. The van der Waals surface area contributed by atoms with Crippen LogP contribution in [0.5, 0.6) is 0 Å². The van der Waals surface area contributed by atoms with Crippen molar-refractivity contribution in [2.24, 2.45) is 0 Å². The Hall–Kier alpha value is -3.74. The van der Waals surface area contributed by atoms with Gasteiger partial charge >= 0.3 is 0 Å². The van der Waals surface area contributed by atoms with Crippen LogP contribution in [0.2, 0.25) is 0 Å². The van der Waals surface area contributed by atoms with Crippen molar-refractivity contribution < 1.29 is 0 Å². The van der Waals surface area contributed by atoms with Crippen LogP contribution in [0, 0.1) is 48.4 Å². The number of terminal acetylenes is 2. The van der Waals surface area contributed by atoms with Crippen LogP contribution in [0.4, 0.5) is 0 Å². The highest BCUT2D eigenvalue weighted by Gasteiger charge is 2.13. The van der Waals surface area contributed by atoms with Gasteiger partial charge in [0, 0.05) is 42.1 Å². The molecule has 0 fully saturated rings. The molecule has 0 amide bonds. The first-order valence-corrected chi connectivity index (χ1v) is 18.4. The zero-order valence-electron chi connectivity index (χ0n) is 25.2. The summed E-state index contributed by atoms with van der Waals surface area (Å²) in [4.78, 5) is 9.29. The molecule has 1 aromatic carbocycles. The highest BCUT2D eigenvalue weighted by atomic mass is 32.1. The van der Waals surface area contributed by atoms with Crippen molar-refractivity contribution in [3.8, 4) is 88.8 Å². The van der Waals surface area contributed by atoms with Crippen LogP contribution in [-0.4, -0.2) is 0 Å². The third-order valence-corrected chi connectivity index (χ3v) is 11.9. The van der Waals surface area contributed by atoms with E-state index in [2.05, 4.69) is 110 Å². The monoisotopic (exact) mass is 642 g/mol. The summed E-state index contributed by atoms with van der Waals surface area (Å²) in [7, 11) is 0. The lowest BCUT2D eigenvalue weighted by atomic mass is 10.1. The Labute approximate surface area is 279 Å². The average Bonchev–Trinajstić information content (AvgIpc) is 3.86. The molecule has 44 heavy (non-hydrogen) atoms. The maximum absolute atomic E-state index is 5.81. The molecule has 0 radical (unpaired) electrons. The molecule has 0 N–H and O–H groups in total. The minimum atomic E-state index is 0.896. The topological polar surface area (TPSA) is 0 Å². The van der Waals surface area contributed by atoms with Crippen LogP contribution < -0.4 is 0 Å². The van der Waals surface area contributed by atoms with Crippen molar-refractivity contribution >= 4 is 45.3 Å². The Morgan fingerprint density at radius 3 is 1.30 bits per heavy atom. The predicted molar refractivity (Wildman–Crippen MR) is 198 cm³/mol. The molecule has 0 saturated heterocycles. The molecular formula is C40H34S4. The number of rotatable bonds is 10. The summed E-state index contributed by atoms with van der Waals surface area (Å²) in [5.41, 5.74) is 4.22. The largest absolute Gasteiger partial charge is 0.134 e. The van der Waals surface area contributed by atoms with Crippen LogP contribution >= 0.6 is 45.3 Å². The lowest BCUT2D eigenvalue weighted by Crippen LogP contribution is -1.74. The van der Waals surface area contributed by atoms with Gasteiger partial charge in [-0.05, 0) is 60.4 Å². The van der Waals surface area contributed by atoms with Gasteiger partial charge in [-0.15, -0.1) is 58.2 Å². The smallest absolute Gasteiger partial charge is 0.0931 e. The van der Waals surface area contributed by atoms with Crippen molar-refractivity contribution in [1.29, 1.82) is 0 Å². The van der Waals surface area contributed by atoms with Gasteiger partial charge in [0.15, 0.2) is 0 Å². The number of hydrogen-bond acceptors (Lipinski definition) is 4. The van der Waals surface area contributed by atoms with Crippen molar-refractivity contribution in [3.05, 3.63) is 81.5 Å². The summed E-state index contributed by atoms with van der Waals surface area (Å²) in [5.74, 6) is 18.9. The first kappa shape index (κ1) is 31.7. The molecule has 0 nitrogen and oxygen atoms in total. The van der Waals surface area contributed by atoms with E-state index >= 15 is 0 Å². The van der Waals surface area contributed by atoms with E-state index in [0.717, 1.165) is 46.6 Å². The molecule has 5 aromatic rings. The van der Waals surface area contributed by atoms with Crippen LogP contribution in [0.3, 0.4) is 0 Å². The van der Waals surface area contributed by atoms with Crippen molar-refractivity contribution in [3.63, 3.8) is 0 Å². The molecule has 0 bridgehead atoms. The minimum Gasteiger partial charge on any atom is -0.134 e. The molecular weight excluding hydrogens is 609 g/mol. The first-order valence-electron chi connectivity index (χ1n) is 15.1. The molecule has 4 heteroatoms. The number of thiophene rings is 4. The Morgan fingerprint density at radius 1 is 0.500 bits per heavy atom. The zero-order valence-corrected chi connectivity index (χ0v) is 28.5. The fourth-order valence-corrected chi connectivity index (χ4v) is 8.86. The first-order chi connectivity index (χ1) is 21.6. The second-order valence-electron chi connectivity index (χ2n) is 10.4. The zero-order chi connectivity index (χ0) is 30.7. The summed E-state index contributed by atoms with van der Waals surface area (Å²) >= 11 is 6.99. The number of hydrogen-bond donors (Lipinski definition) is 0. The van der Waals surface area contributed by atoms with Gasteiger partial charge in [-0.1, -0.05) is 99.3 Å². The van der Waals surface area contributed by atoms with E-state index in [1.807, 2.05) is 0 Å². The second kappa shape index (κ2) is 15.8. The molecule has 0 aliphatic carbocycles. The van der Waals surface area contributed by atoms with Crippen molar-refractivity contribution in [1.82, 2.24) is 0 Å². The normalized spacial score (nSPS) is 10.4. The highest BCUT2D eigenvalue weighted by molar-refractivity contribution is 7.24. The Balaban J connectivity index is 1.28. The second-order valence-corrected chi connectivity index (χ2v) is 14.7. The van der Waals surface area contributed by atoms with E-state index in [1.165, 1.54) is 66.1 Å². The molecule has 0 aliphatic heterocycles. The highest BCUT2D eigenvalue weighted by Crippen LogP contribution is 2.41. The molecule has 0 saturated carbocycles. The lowest BCUT2D eigenvalue weighted by Gasteiger charge is -2.01. The predicted octanol–water partition coefficient (Wildman–Crippen LogP) is 12.4.